The molecule has 62 heavy (non-hydrogen) atoms. The van der Waals surface area contributed by atoms with Crippen LogP contribution in [0.5, 0.6) is 0 Å². The van der Waals surface area contributed by atoms with Crippen LogP contribution in [0, 0.1) is 0 Å². The number of benzene rings is 8. The number of nitrogens with zero attached hydrogens (tertiary/aromatic N) is 4. The molecule has 10 aromatic rings. The normalized spacial score (nSPS) is 14.3. The molecular weight excluding hydrogens is 783 g/mol. The Hall–Kier alpha value is -6.77. The van der Waals surface area contributed by atoms with Crippen molar-refractivity contribution in [3.05, 3.63) is 187 Å². The average molecular weight is 825 g/mol. The Morgan fingerprint density at radius 3 is 1.34 bits per heavy atom. The van der Waals surface area contributed by atoms with E-state index in [0.717, 1.165) is 49.5 Å². The highest BCUT2D eigenvalue weighted by atomic mass is 35.5. The summed E-state index contributed by atoms with van der Waals surface area (Å²) in [6, 6.07) is 62.6. The van der Waals surface area contributed by atoms with Gasteiger partial charge in [0.25, 0.3) is 0 Å². The second-order valence-corrected chi connectivity index (χ2v) is 17.0. The van der Waals surface area contributed by atoms with Crippen LogP contribution in [-0.4, -0.2) is 38.3 Å². The molecule has 0 amide bonds. The predicted octanol–water partition coefficient (Wildman–Crippen LogP) is 13.2. The molecule has 300 valence electrons. The lowest BCUT2D eigenvalue weighted by molar-refractivity contribution is 0.00578. The first-order valence-corrected chi connectivity index (χ1v) is 21.2. The van der Waals surface area contributed by atoms with Crippen LogP contribution < -0.4 is 5.46 Å². The lowest BCUT2D eigenvalue weighted by atomic mass is 9.78. The standard InChI is InChI=1S/C33H28BNO2.C21H14ClN3/c1-32(2)33(3,4)37-34(36-32)24-17-13-23(14-18-24)29-27-19-15-21-9-5-7-11-25(21)30(27)35-31-26-12-8-6-10-22(26)16-20-28(29)31;22-21-24-19(17-9-5-2-6-10-17)23-20(25-21)18-13-11-16(12-14-18)15-7-3-1-4-8-15/h5-20H,1-4H3;1-14H. The average Bonchev–Trinajstić information content (AvgIpc) is 3.54. The van der Waals surface area contributed by atoms with Crippen molar-refractivity contribution in [2.24, 2.45) is 0 Å². The van der Waals surface area contributed by atoms with E-state index in [1.165, 1.54) is 32.7 Å². The monoisotopic (exact) mass is 824 g/mol. The smallest absolute Gasteiger partial charge is 0.399 e. The van der Waals surface area contributed by atoms with Gasteiger partial charge in [-0.3, -0.25) is 0 Å². The molecule has 1 aliphatic heterocycles. The first-order chi connectivity index (χ1) is 30.1. The lowest BCUT2D eigenvalue weighted by Crippen LogP contribution is -2.41. The van der Waals surface area contributed by atoms with Gasteiger partial charge in [0.1, 0.15) is 0 Å². The van der Waals surface area contributed by atoms with E-state index in [1.54, 1.807) is 0 Å². The van der Waals surface area contributed by atoms with E-state index in [9.17, 15) is 0 Å². The van der Waals surface area contributed by atoms with E-state index in [1.807, 2.05) is 60.7 Å². The fourth-order valence-electron chi connectivity index (χ4n) is 8.15. The maximum Gasteiger partial charge on any atom is 0.494 e. The molecule has 3 heterocycles. The van der Waals surface area contributed by atoms with Crippen molar-refractivity contribution in [1.29, 1.82) is 0 Å². The second-order valence-electron chi connectivity index (χ2n) is 16.6. The fourth-order valence-corrected chi connectivity index (χ4v) is 8.31. The molecule has 6 nitrogen and oxygen atoms in total. The van der Waals surface area contributed by atoms with Crippen LogP contribution in [0.1, 0.15) is 27.7 Å². The molecule has 0 spiro atoms. The van der Waals surface area contributed by atoms with E-state index in [-0.39, 0.29) is 23.6 Å². The Bertz CT molecular complexity index is 3140. The van der Waals surface area contributed by atoms with Crippen LogP contribution in [0.25, 0.3) is 88.4 Å². The molecule has 2 aromatic heterocycles. The number of fused-ring (bicyclic) bond motifs is 6. The molecule has 1 aliphatic rings. The highest BCUT2D eigenvalue weighted by Gasteiger charge is 2.51. The molecule has 0 atom stereocenters. The van der Waals surface area contributed by atoms with Crippen LogP contribution >= 0.6 is 11.6 Å². The van der Waals surface area contributed by atoms with E-state index in [4.69, 9.17) is 25.9 Å². The van der Waals surface area contributed by atoms with Crippen molar-refractivity contribution < 1.29 is 9.31 Å². The third-order valence-corrected chi connectivity index (χ3v) is 12.3. The van der Waals surface area contributed by atoms with Crippen molar-refractivity contribution in [2.45, 2.75) is 38.9 Å². The molecule has 0 radical (unpaired) electrons. The van der Waals surface area contributed by atoms with Gasteiger partial charge in [0.15, 0.2) is 11.6 Å². The molecule has 11 rings (SSSR count). The summed E-state index contributed by atoms with van der Waals surface area (Å²) in [5.74, 6) is 1.14. The van der Waals surface area contributed by atoms with Crippen molar-refractivity contribution in [3.63, 3.8) is 0 Å². The topological polar surface area (TPSA) is 70.0 Å². The van der Waals surface area contributed by atoms with Gasteiger partial charge in [-0.2, -0.15) is 9.97 Å². The highest BCUT2D eigenvalue weighted by molar-refractivity contribution is 6.62. The molecule has 1 fully saturated rings. The van der Waals surface area contributed by atoms with E-state index in [0.29, 0.717) is 11.6 Å². The minimum Gasteiger partial charge on any atom is -0.399 e. The summed E-state index contributed by atoms with van der Waals surface area (Å²) in [6.07, 6.45) is 0. The third-order valence-electron chi connectivity index (χ3n) is 12.2. The third kappa shape index (κ3) is 7.39. The summed E-state index contributed by atoms with van der Waals surface area (Å²) < 4.78 is 12.6. The molecular formula is C54H42BClN4O2. The zero-order valence-corrected chi connectivity index (χ0v) is 35.6. The SMILES string of the molecule is CC1(C)OB(c2ccc(-c3c4ccc5ccccc5c4nc4c3ccc3ccccc34)cc2)OC1(C)C.Clc1nc(-c2ccccc2)nc(-c2ccc(-c3ccccc3)cc2)n1. The van der Waals surface area contributed by atoms with Gasteiger partial charge in [0, 0.05) is 38.2 Å². The first kappa shape index (κ1) is 39.4. The zero-order chi connectivity index (χ0) is 42.4. The van der Waals surface area contributed by atoms with Crippen molar-refractivity contribution in [3.8, 4) is 45.0 Å². The summed E-state index contributed by atoms with van der Waals surface area (Å²) in [4.78, 5) is 18.4. The van der Waals surface area contributed by atoms with Crippen LogP contribution in [-0.2, 0) is 9.31 Å². The molecule has 1 saturated heterocycles. The Morgan fingerprint density at radius 1 is 0.387 bits per heavy atom. The fraction of sp³-hybridized carbons (Fsp3) is 0.111. The van der Waals surface area contributed by atoms with Crippen molar-refractivity contribution >= 4 is 67.5 Å². The quantitative estimate of drug-likeness (QED) is 0.0978. The Kier molecular flexibility index (Phi) is 10.1. The van der Waals surface area contributed by atoms with Crippen molar-refractivity contribution in [2.75, 3.05) is 0 Å². The Morgan fingerprint density at radius 2 is 0.806 bits per heavy atom. The minimum atomic E-state index is -0.377. The van der Waals surface area contributed by atoms with E-state index < -0.39 is 0 Å². The minimum absolute atomic E-state index is 0.191. The predicted molar refractivity (Wildman–Crippen MR) is 257 cm³/mol. The lowest BCUT2D eigenvalue weighted by Gasteiger charge is -2.32. The van der Waals surface area contributed by atoms with Gasteiger partial charge < -0.3 is 9.31 Å². The summed E-state index contributed by atoms with van der Waals surface area (Å²) in [5.41, 5.74) is 8.86. The number of rotatable bonds is 5. The number of hydrogen-bond donors (Lipinski definition) is 0. The maximum absolute atomic E-state index is 6.30. The molecule has 0 N–H and O–H groups in total. The Balaban J connectivity index is 0.000000160. The van der Waals surface area contributed by atoms with Crippen molar-refractivity contribution in [1.82, 2.24) is 19.9 Å². The van der Waals surface area contributed by atoms with Gasteiger partial charge >= 0.3 is 7.12 Å². The highest BCUT2D eigenvalue weighted by Crippen LogP contribution is 2.40. The molecule has 8 heteroatoms. The number of pyridine rings is 1. The van der Waals surface area contributed by atoms with Gasteiger partial charge in [0.2, 0.25) is 5.28 Å². The summed E-state index contributed by atoms with van der Waals surface area (Å²) in [7, 11) is -0.377. The molecule has 0 aliphatic carbocycles. The maximum atomic E-state index is 6.30. The van der Waals surface area contributed by atoms with Gasteiger partial charge in [-0.25, -0.2) is 9.97 Å². The molecule has 0 unspecified atom stereocenters. The van der Waals surface area contributed by atoms with Gasteiger partial charge in [-0.05, 0) is 72.2 Å². The number of halogens is 1. The largest absolute Gasteiger partial charge is 0.494 e. The van der Waals surface area contributed by atoms with E-state index >= 15 is 0 Å². The van der Waals surface area contributed by atoms with Gasteiger partial charge in [0.05, 0.1) is 22.2 Å². The van der Waals surface area contributed by atoms with Crippen LogP contribution in [0.15, 0.2) is 182 Å². The zero-order valence-electron chi connectivity index (χ0n) is 34.9. The number of hydrogen-bond acceptors (Lipinski definition) is 6. The number of aromatic nitrogens is 4. The summed E-state index contributed by atoms with van der Waals surface area (Å²) in [6.45, 7) is 8.35. The van der Waals surface area contributed by atoms with Crippen LogP contribution in [0.4, 0.5) is 0 Å². The molecule has 8 aromatic carbocycles. The van der Waals surface area contributed by atoms with Gasteiger partial charge in [-0.15, -0.1) is 0 Å². The molecule has 0 bridgehead atoms. The Labute approximate surface area is 366 Å². The van der Waals surface area contributed by atoms with E-state index in [2.05, 4.69) is 164 Å². The van der Waals surface area contributed by atoms with Gasteiger partial charge in [-0.1, -0.05) is 182 Å². The van der Waals surface area contributed by atoms with Crippen LogP contribution in [0.2, 0.25) is 5.28 Å². The second kappa shape index (κ2) is 15.9. The summed E-state index contributed by atoms with van der Waals surface area (Å²) in [5, 5.41) is 7.24. The summed E-state index contributed by atoms with van der Waals surface area (Å²) >= 11 is 6.11. The molecule has 0 saturated carbocycles. The van der Waals surface area contributed by atoms with Crippen LogP contribution in [0.3, 0.4) is 0 Å². The first-order valence-electron chi connectivity index (χ1n) is 20.8.